The van der Waals surface area contributed by atoms with Gasteiger partial charge >= 0.3 is 0 Å². The van der Waals surface area contributed by atoms with Gasteiger partial charge < -0.3 is 5.32 Å². The van der Waals surface area contributed by atoms with Gasteiger partial charge in [-0.3, -0.25) is 9.67 Å². The number of anilines is 1. The highest BCUT2D eigenvalue weighted by Crippen LogP contribution is 2.20. The lowest BCUT2D eigenvalue weighted by molar-refractivity contribution is 0.634. The maximum Gasteiger partial charge on any atom is 0.161 e. The van der Waals surface area contributed by atoms with Gasteiger partial charge in [0.1, 0.15) is 0 Å². The molecule has 2 heterocycles. The van der Waals surface area contributed by atoms with Gasteiger partial charge in [-0.2, -0.15) is 5.10 Å². The number of hydrogen-bond donors (Lipinski definition) is 1. The average Bonchev–Trinajstić information content (AvgIpc) is 2.64. The molecular weight excluding hydrogens is 208 g/mol. The Morgan fingerprint density at radius 1 is 1.67 bits per heavy atom. The van der Waals surface area contributed by atoms with E-state index in [0.29, 0.717) is 6.04 Å². The number of hydrogen-bond acceptors (Lipinski definition) is 4. The van der Waals surface area contributed by atoms with E-state index in [0.717, 1.165) is 23.0 Å². The van der Waals surface area contributed by atoms with Gasteiger partial charge in [-0.05, 0) is 12.8 Å². The molecule has 5 heteroatoms. The van der Waals surface area contributed by atoms with Crippen LogP contribution in [-0.4, -0.2) is 26.7 Å². The molecule has 1 aliphatic rings. The van der Waals surface area contributed by atoms with Crippen LogP contribution in [0.15, 0.2) is 17.4 Å². The van der Waals surface area contributed by atoms with E-state index in [2.05, 4.69) is 22.3 Å². The van der Waals surface area contributed by atoms with Crippen molar-refractivity contribution in [3.63, 3.8) is 0 Å². The van der Waals surface area contributed by atoms with Crippen LogP contribution in [0, 0.1) is 0 Å². The summed E-state index contributed by atoms with van der Waals surface area (Å²) in [7, 11) is 1.91. The Balaban J connectivity index is 2.02. The van der Waals surface area contributed by atoms with Crippen molar-refractivity contribution in [1.29, 1.82) is 0 Å². The second-order valence-corrected chi connectivity index (χ2v) is 4.74. The van der Waals surface area contributed by atoms with E-state index >= 15 is 0 Å². The molecule has 1 aromatic rings. The summed E-state index contributed by atoms with van der Waals surface area (Å²) in [5.74, 6) is 1.16. The summed E-state index contributed by atoms with van der Waals surface area (Å²) in [6, 6.07) is 0.491. The third-order valence-corrected chi connectivity index (χ3v) is 3.34. The smallest absolute Gasteiger partial charge is 0.161 e. The molecule has 0 saturated heterocycles. The minimum Gasteiger partial charge on any atom is -0.332 e. The highest BCUT2D eigenvalue weighted by molar-refractivity contribution is 8.14. The van der Waals surface area contributed by atoms with E-state index < -0.39 is 0 Å². The van der Waals surface area contributed by atoms with Crippen molar-refractivity contribution in [2.24, 2.45) is 12.0 Å². The topological polar surface area (TPSA) is 42.2 Å². The molecule has 1 N–H and O–H groups in total. The van der Waals surface area contributed by atoms with Gasteiger partial charge in [0.15, 0.2) is 5.17 Å². The molecular formula is C10H16N4S. The Hall–Kier alpha value is -0.970. The van der Waals surface area contributed by atoms with Crippen molar-refractivity contribution in [1.82, 2.24) is 9.78 Å². The van der Waals surface area contributed by atoms with E-state index in [1.807, 2.05) is 19.4 Å². The quantitative estimate of drug-likeness (QED) is 0.836. The molecule has 0 radical (unpaired) electrons. The summed E-state index contributed by atoms with van der Waals surface area (Å²) in [6.07, 6.45) is 6.09. The number of thioether (sulfide) groups is 1. The summed E-state index contributed by atoms with van der Waals surface area (Å²) in [6.45, 7) is 2.19. The molecule has 1 unspecified atom stereocenters. The fourth-order valence-electron chi connectivity index (χ4n) is 1.53. The lowest BCUT2D eigenvalue weighted by atomic mass is 10.2. The van der Waals surface area contributed by atoms with Crippen LogP contribution in [0.5, 0.6) is 0 Å². The summed E-state index contributed by atoms with van der Waals surface area (Å²) in [5.41, 5.74) is 1.01. The monoisotopic (exact) mass is 224 g/mol. The van der Waals surface area contributed by atoms with Crippen molar-refractivity contribution in [3.05, 3.63) is 12.4 Å². The summed E-state index contributed by atoms with van der Waals surface area (Å²) in [4.78, 5) is 4.64. The van der Waals surface area contributed by atoms with Crippen LogP contribution in [0.4, 0.5) is 5.69 Å². The molecule has 0 amide bonds. The van der Waals surface area contributed by atoms with E-state index in [9.17, 15) is 0 Å². The molecule has 1 atom stereocenters. The van der Waals surface area contributed by atoms with Gasteiger partial charge in [0.25, 0.3) is 0 Å². The minimum atomic E-state index is 0.491. The van der Waals surface area contributed by atoms with Crippen molar-refractivity contribution in [2.45, 2.75) is 25.8 Å². The Morgan fingerprint density at radius 2 is 2.53 bits per heavy atom. The normalized spacial score (nSPS) is 21.2. The largest absolute Gasteiger partial charge is 0.332 e. The molecule has 82 valence electrons. The molecule has 0 aromatic carbocycles. The first-order valence-electron chi connectivity index (χ1n) is 5.24. The first-order valence-corrected chi connectivity index (χ1v) is 6.22. The Kier molecular flexibility index (Phi) is 3.30. The zero-order valence-corrected chi connectivity index (χ0v) is 9.92. The molecule has 0 aliphatic carbocycles. The summed E-state index contributed by atoms with van der Waals surface area (Å²) >= 11 is 1.79. The first-order chi connectivity index (χ1) is 7.28. The zero-order valence-electron chi connectivity index (χ0n) is 9.10. The highest BCUT2D eigenvalue weighted by Gasteiger charge is 2.14. The lowest BCUT2D eigenvalue weighted by Gasteiger charge is -2.18. The van der Waals surface area contributed by atoms with Crippen LogP contribution in [0.25, 0.3) is 0 Å². The van der Waals surface area contributed by atoms with Crippen molar-refractivity contribution >= 4 is 22.6 Å². The fourth-order valence-corrected chi connectivity index (χ4v) is 2.53. The SMILES string of the molecule is CCC1CCSC(Nc2cnn(C)c2)=N1. The highest BCUT2D eigenvalue weighted by atomic mass is 32.2. The van der Waals surface area contributed by atoms with Crippen LogP contribution in [0.1, 0.15) is 19.8 Å². The van der Waals surface area contributed by atoms with E-state index in [-0.39, 0.29) is 0 Å². The van der Waals surface area contributed by atoms with Crippen LogP contribution in [0.2, 0.25) is 0 Å². The number of aromatic nitrogens is 2. The van der Waals surface area contributed by atoms with E-state index in [1.165, 1.54) is 6.42 Å². The van der Waals surface area contributed by atoms with Gasteiger partial charge in [0.2, 0.25) is 0 Å². The number of nitrogens with zero attached hydrogens (tertiary/aromatic N) is 3. The first kappa shape index (κ1) is 10.5. The molecule has 0 bridgehead atoms. The van der Waals surface area contributed by atoms with E-state index in [1.54, 1.807) is 16.4 Å². The molecule has 0 saturated carbocycles. The van der Waals surface area contributed by atoms with E-state index in [4.69, 9.17) is 0 Å². The second-order valence-electron chi connectivity index (χ2n) is 3.66. The predicted molar refractivity (Wildman–Crippen MR) is 65.4 cm³/mol. The predicted octanol–water partition coefficient (Wildman–Crippen LogP) is 2.10. The van der Waals surface area contributed by atoms with Crippen LogP contribution in [0.3, 0.4) is 0 Å². The van der Waals surface area contributed by atoms with Gasteiger partial charge in [-0.15, -0.1) is 0 Å². The summed E-state index contributed by atoms with van der Waals surface area (Å²) < 4.78 is 1.79. The molecule has 4 nitrogen and oxygen atoms in total. The second kappa shape index (κ2) is 4.70. The van der Waals surface area contributed by atoms with Gasteiger partial charge in [-0.1, -0.05) is 18.7 Å². The molecule has 15 heavy (non-hydrogen) atoms. The average molecular weight is 224 g/mol. The Bertz CT molecular complexity index is 358. The van der Waals surface area contributed by atoms with Crippen molar-refractivity contribution in [2.75, 3.05) is 11.1 Å². The zero-order chi connectivity index (χ0) is 10.7. The standard InChI is InChI=1S/C10H16N4S/c1-3-8-4-5-15-10(12-8)13-9-6-11-14(2)7-9/h6-8H,3-5H2,1-2H3,(H,12,13). The number of rotatable bonds is 2. The summed E-state index contributed by atoms with van der Waals surface area (Å²) in [5, 5.41) is 8.44. The van der Waals surface area contributed by atoms with Crippen molar-refractivity contribution in [3.8, 4) is 0 Å². The maximum atomic E-state index is 4.64. The molecule has 1 aliphatic heterocycles. The third kappa shape index (κ3) is 2.75. The maximum absolute atomic E-state index is 4.64. The number of amidine groups is 1. The van der Waals surface area contributed by atoms with Crippen LogP contribution in [-0.2, 0) is 7.05 Å². The van der Waals surface area contributed by atoms with Crippen LogP contribution < -0.4 is 5.32 Å². The number of aliphatic imine (C=N–C) groups is 1. The van der Waals surface area contributed by atoms with Gasteiger partial charge in [0, 0.05) is 19.0 Å². The molecule has 1 aromatic heterocycles. The number of aryl methyl sites for hydroxylation is 1. The van der Waals surface area contributed by atoms with Crippen molar-refractivity contribution < 1.29 is 0 Å². The van der Waals surface area contributed by atoms with Crippen LogP contribution >= 0.6 is 11.8 Å². The van der Waals surface area contributed by atoms with Gasteiger partial charge in [-0.25, -0.2) is 0 Å². The molecule has 0 fully saturated rings. The minimum absolute atomic E-state index is 0.491. The Morgan fingerprint density at radius 3 is 3.20 bits per heavy atom. The number of nitrogens with one attached hydrogen (secondary N) is 1. The molecule has 2 rings (SSSR count). The van der Waals surface area contributed by atoms with Gasteiger partial charge in [0.05, 0.1) is 17.9 Å². The lowest BCUT2D eigenvalue weighted by Crippen LogP contribution is -2.19. The Labute approximate surface area is 94.2 Å². The third-order valence-electron chi connectivity index (χ3n) is 2.42. The fraction of sp³-hybridized carbons (Fsp3) is 0.600. The molecule has 0 spiro atoms.